The highest BCUT2D eigenvalue weighted by Crippen LogP contribution is 2.69. The summed E-state index contributed by atoms with van der Waals surface area (Å²) < 4.78 is 32.5. The maximum absolute atomic E-state index is 13.7. The molecule has 0 aromatic heterocycles. The van der Waals surface area contributed by atoms with Gasteiger partial charge in [-0.25, -0.2) is 13.6 Å². The summed E-state index contributed by atoms with van der Waals surface area (Å²) >= 11 is 0. The Morgan fingerprint density at radius 1 is 1.32 bits per heavy atom. The van der Waals surface area contributed by atoms with Crippen LogP contribution in [0.25, 0.3) is 0 Å². The monoisotopic (exact) mass is 311 g/mol. The number of carbonyl (C=O) groups excluding carboxylic acids is 1. The highest BCUT2D eigenvalue weighted by atomic mass is 19.3. The zero-order valence-electron chi connectivity index (χ0n) is 11.7. The van der Waals surface area contributed by atoms with E-state index in [0.29, 0.717) is 0 Å². The van der Waals surface area contributed by atoms with Crippen LogP contribution in [-0.4, -0.2) is 41.1 Å². The molecule has 0 bridgehead atoms. The summed E-state index contributed by atoms with van der Waals surface area (Å²) in [7, 11) is 0. The molecule has 7 heteroatoms. The van der Waals surface area contributed by atoms with Crippen molar-refractivity contribution in [1.82, 2.24) is 4.90 Å². The molecule has 5 nitrogen and oxygen atoms in total. The molecule has 1 aromatic rings. The van der Waals surface area contributed by atoms with Crippen molar-refractivity contribution in [2.24, 2.45) is 11.3 Å². The normalized spacial score (nSPS) is 28.6. The Morgan fingerprint density at radius 2 is 2.00 bits per heavy atom. The Kier molecular flexibility index (Phi) is 3.30. The third-order valence-corrected chi connectivity index (χ3v) is 4.52. The smallest absolute Gasteiger partial charge is 0.410 e. The summed E-state index contributed by atoms with van der Waals surface area (Å²) in [5.41, 5.74) is -1.37. The van der Waals surface area contributed by atoms with Crippen LogP contribution >= 0.6 is 0 Å². The van der Waals surface area contributed by atoms with Crippen molar-refractivity contribution in [3.05, 3.63) is 35.9 Å². The van der Waals surface area contributed by atoms with E-state index in [0.717, 1.165) is 10.5 Å². The van der Waals surface area contributed by atoms with Crippen LogP contribution in [0.3, 0.4) is 0 Å². The fraction of sp³-hybridized carbons (Fsp3) is 0.467. The van der Waals surface area contributed by atoms with E-state index in [4.69, 9.17) is 9.84 Å². The number of hydrogen-bond acceptors (Lipinski definition) is 3. The number of halogens is 2. The van der Waals surface area contributed by atoms with Crippen molar-refractivity contribution in [3.63, 3.8) is 0 Å². The molecule has 1 saturated heterocycles. The molecule has 3 rings (SSSR count). The van der Waals surface area contributed by atoms with Crippen LogP contribution in [-0.2, 0) is 16.1 Å². The van der Waals surface area contributed by atoms with Gasteiger partial charge < -0.3 is 14.7 Å². The lowest BCUT2D eigenvalue weighted by atomic mass is 9.97. The van der Waals surface area contributed by atoms with E-state index < -0.39 is 35.9 Å². The fourth-order valence-electron chi connectivity index (χ4n) is 3.17. The summed E-state index contributed by atoms with van der Waals surface area (Å²) in [6, 6.07) is 8.94. The van der Waals surface area contributed by atoms with Crippen molar-refractivity contribution in [2.75, 3.05) is 13.1 Å². The number of likely N-dealkylation sites (tertiary alicyclic amines) is 1. The number of fused-ring (bicyclic) bond motifs is 1. The standard InChI is InChI=1S/C15H15F2NO4/c16-15(17)11-6-7-18(9-14(11,15)12(19)20)13(21)22-8-10-4-2-1-3-5-10/h1-5,11H,6-9H2,(H,19,20). The molecule has 0 spiro atoms. The third kappa shape index (κ3) is 2.03. The van der Waals surface area contributed by atoms with Gasteiger partial charge in [-0.2, -0.15) is 0 Å². The van der Waals surface area contributed by atoms with Crippen molar-refractivity contribution in [1.29, 1.82) is 0 Å². The average Bonchev–Trinajstić information content (AvgIpc) is 3.03. The minimum atomic E-state index is -3.26. The summed E-state index contributed by atoms with van der Waals surface area (Å²) in [5, 5.41) is 9.12. The second-order valence-corrected chi connectivity index (χ2v) is 5.70. The average molecular weight is 311 g/mol. The number of hydrogen-bond donors (Lipinski definition) is 1. The first kappa shape index (κ1) is 14.7. The molecule has 0 radical (unpaired) electrons. The van der Waals surface area contributed by atoms with E-state index in [1.807, 2.05) is 6.07 Å². The van der Waals surface area contributed by atoms with Gasteiger partial charge in [0.15, 0.2) is 5.41 Å². The topological polar surface area (TPSA) is 66.8 Å². The number of carboxylic acids is 1. The van der Waals surface area contributed by atoms with Gasteiger partial charge in [0.05, 0.1) is 0 Å². The number of ether oxygens (including phenoxy) is 1. The first-order valence-corrected chi connectivity index (χ1v) is 6.96. The number of alkyl halides is 2. The molecule has 1 N–H and O–H groups in total. The minimum Gasteiger partial charge on any atom is -0.481 e. The minimum absolute atomic E-state index is 0.0239. The molecule has 118 valence electrons. The molecule has 1 aliphatic heterocycles. The first-order chi connectivity index (χ1) is 10.4. The predicted octanol–water partition coefficient (Wildman–Crippen LogP) is 2.37. The van der Waals surface area contributed by atoms with Crippen molar-refractivity contribution < 1.29 is 28.2 Å². The third-order valence-electron chi connectivity index (χ3n) is 4.52. The van der Waals surface area contributed by atoms with E-state index in [-0.39, 0.29) is 19.6 Å². The highest BCUT2D eigenvalue weighted by Gasteiger charge is 2.86. The lowest BCUT2D eigenvalue weighted by Crippen LogP contribution is -2.45. The molecular formula is C15H15F2NO4. The highest BCUT2D eigenvalue weighted by molar-refractivity contribution is 5.83. The van der Waals surface area contributed by atoms with E-state index >= 15 is 0 Å². The number of benzene rings is 1. The van der Waals surface area contributed by atoms with Crippen molar-refractivity contribution >= 4 is 12.1 Å². The zero-order chi connectivity index (χ0) is 16.0. The van der Waals surface area contributed by atoms with Gasteiger partial charge in [-0.3, -0.25) is 4.79 Å². The number of amides is 1. The van der Waals surface area contributed by atoms with Crippen molar-refractivity contribution in [3.8, 4) is 0 Å². The van der Waals surface area contributed by atoms with Gasteiger partial charge in [-0.05, 0) is 12.0 Å². The Morgan fingerprint density at radius 3 is 2.64 bits per heavy atom. The van der Waals surface area contributed by atoms with Gasteiger partial charge in [0.25, 0.3) is 5.92 Å². The molecule has 1 heterocycles. The Bertz CT molecular complexity index is 607. The van der Waals surface area contributed by atoms with Crippen LogP contribution in [0, 0.1) is 11.3 Å². The number of rotatable bonds is 3. The zero-order valence-corrected chi connectivity index (χ0v) is 11.7. The van der Waals surface area contributed by atoms with E-state index in [1.165, 1.54) is 0 Å². The van der Waals surface area contributed by atoms with E-state index in [1.54, 1.807) is 24.3 Å². The Hall–Kier alpha value is -2.18. The molecule has 2 fully saturated rings. The van der Waals surface area contributed by atoms with Crippen LogP contribution in [0.2, 0.25) is 0 Å². The van der Waals surface area contributed by atoms with Gasteiger partial charge in [-0.15, -0.1) is 0 Å². The van der Waals surface area contributed by atoms with Crippen LogP contribution in [0.5, 0.6) is 0 Å². The van der Waals surface area contributed by atoms with Crippen molar-refractivity contribution in [2.45, 2.75) is 19.0 Å². The van der Waals surface area contributed by atoms with Gasteiger partial charge >= 0.3 is 12.1 Å². The van der Waals surface area contributed by atoms with Gasteiger partial charge in [-0.1, -0.05) is 30.3 Å². The van der Waals surface area contributed by atoms with Crippen LogP contribution in [0.15, 0.2) is 30.3 Å². The van der Waals surface area contributed by atoms with Crippen LogP contribution in [0.1, 0.15) is 12.0 Å². The lowest BCUT2D eigenvalue weighted by Gasteiger charge is -2.28. The Balaban J connectivity index is 1.64. The van der Waals surface area contributed by atoms with Gasteiger partial charge in [0, 0.05) is 19.0 Å². The Labute approximate surface area is 125 Å². The molecule has 1 amide bonds. The second-order valence-electron chi connectivity index (χ2n) is 5.70. The summed E-state index contributed by atoms with van der Waals surface area (Å²) in [4.78, 5) is 24.3. The molecule has 2 atom stereocenters. The van der Waals surface area contributed by atoms with Crippen LogP contribution in [0.4, 0.5) is 13.6 Å². The summed E-state index contributed by atoms with van der Waals surface area (Å²) in [6.45, 7) is -0.396. The summed E-state index contributed by atoms with van der Waals surface area (Å²) in [6.07, 6.45) is -0.787. The van der Waals surface area contributed by atoms with E-state index in [2.05, 4.69) is 0 Å². The maximum atomic E-state index is 13.7. The number of carboxylic acid groups (broad SMARTS) is 1. The van der Waals surface area contributed by atoms with E-state index in [9.17, 15) is 18.4 Å². The second kappa shape index (κ2) is 4.93. The van der Waals surface area contributed by atoms with Gasteiger partial charge in [0.2, 0.25) is 0 Å². The quantitative estimate of drug-likeness (QED) is 0.930. The number of nitrogens with zero attached hydrogens (tertiary/aromatic N) is 1. The van der Waals surface area contributed by atoms with Gasteiger partial charge in [0.1, 0.15) is 6.61 Å². The molecule has 2 aliphatic rings. The predicted molar refractivity (Wildman–Crippen MR) is 71.3 cm³/mol. The number of carbonyl (C=O) groups is 2. The fourth-order valence-corrected chi connectivity index (χ4v) is 3.17. The number of piperidine rings is 1. The molecule has 2 unspecified atom stereocenters. The molecule has 1 aromatic carbocycles. The summed E-state index contributed by atoms with van der Waals surface area (Å²) in [5.74, 6) is -5.99. The number of aliphatic carboxylic acids is 1. The molecule has 1 saturated carbocycles. The lowest BCUT2D eigenvalue weighted by molar-refractivity contribution is -0.149. The molecule has 22 heavy (non-hydrogen) atoms. The maximum Gasteiger partial charge on any atom is 0.410 e. The molecular weight excluding hydrogens is 296 g/mol. The SMILES string of the molecule is O=C(OCc1ccccc1)N1CCC2C(F)(F)C2(C(=O)O)C1. The largest absolute Gasteiger partial charge is 0.481 e. The molecule has 1 aliphatic carbocycles. The van der Waals surface area contributed by atoms with Crippen LogP contribution < -0.4 is 0 Å². The first-order valence-electron chi connectivity index (χ1n) is 6.96.